The fourth-order valence-electron chi connectivity index (χ4n) is 8.01. The van der Waals surface area contributed by atoms with Crippen LogP contribution < -0.4 is 0 Å². The maximum Gasteiger partial charge on any atom is 0.321 e. The Hall–Kier alpha value is -3.35. The van der Waals surface area contributed by atoms with Crippen LogP contribution in [0.25, 0.3) is 0 Å². The van der Waals surface area contributed by atoms with Crippen LogP contribution in [0, 0.1) is 10.1 Å². The molecule has 0 unspecified atom stereocenters. The summed E-state index contributed by atoms with van der Waals surface area (Å²) in [5, 5.41) is 13.3. The molecule has 0 bridgehead atoms. The van der Waals surface area contributed by atoms with Crippen molar-refractivity contribution in [3.8, 4) is 0 Å². The number of hydrogen-bond donors (Lipinski definition) is 0. The molecule has 206 valence electrons. The maximum atomic E-state index is 13.3. The van der Waals surface area contributed by atoms with E-state index in [4.69, 9.17) is 8.92 Å². The molecule has 3 aromatic rings. The molecule has 0 spiro atoms. The van der Waals surface area contributed by atoms with Gasteiger partial charge in [-0.3, -0.25) is 10.1 Å². The Labute approximate surface area is 231 Å². The van der Waals surface area contributed by atoms with Crippen LogP contribution in [-0.2, 0) is 15.3 Å². The highest BCUT2D eigenvalue weighted by Crippen LogP contribution is 3.12. The minimum absolute atomic E-state index is 0.0183. The van der Waals surface area contributed by atoms with Crippen molar-refractivity contribution in [2.45, 2.75) is 66.9 Å². The second-order valence-corrected chi connectivity index (χ2v) is 16.5. The normalized spacial score (nSPS) is 21.9. The Balaban J connectivity index is 2.16. The van der Waals surface area contributed by atoms with Gasteiger partial charge < -0.3 is 8.92 Å². The van der Waals surface area contributed by atoms with Gasteiger partial charge in [0.15, 0.2) is 0 Å². The summed E-state index contributed by atoms with van der Waals surface area (Å²) in [4.78, 5) is 16.8. The van der Waals surface area contributed by atoms with Gasteiger partial charge in [0.2, 0.25) is 5.76 Å². The Kier molecular flexibility index (Phi) is 6.98. The molecule has 5 rings (SSSR count). The molecule has 1 aliphatic heterocycles. The first-order chi connectivity index (χ1) is 19.0. The lowest BCUT2D eigenvalue weighted by atomic mass is 10.0. The van der Waals surface area contributed by atoms with Crippen molar-refractivity contribution in [1.82, 2.24) is 0 Å². The van der Waals surface area contributed by atoms with Gasteiger partial charge in [-0.25, -0.2) is 0 Å². The molecule has 0 radical (unpaired) electrons. The first-order valence-corrected chi connectivity index (χ1v) is 16.3. The van der Waals surface area contributed by atoms with E-state index in [2.05, 4.69) is 67.6 Å². The summed E-state index contributed by atoms with van der Waals surface area (Å²) in [6, 6.07) is 31.0. The van der Waals surface area contributed by atoms with Crippen LogP contribution in [0.15, 0.2) is 122 Å². The predicted octanol–water partition coefficient (Wildman–Crippen LogP) is 8.89. The van der Waals surface area contributed by atoms with Crippen LogP contribution in [-0.4, -0.2) is 24.4 Å². The van der Waals surface area contributed by atoms with Crippen molar-refractivity contribution < 1.29 is 13.8 Å². The average molecular weight is 546 g/mol. The molecule has 0 N–H and O–H groups in total. The SMILES string of the molecule is CCC1=C(OC)C([N+](=O)[O-])=C(Cc2ccccc2)S1(OC)(c1ccccc1)(c1ccccc1)C1CCCCC1. The van der Waals surface area contributed by atoms with Crippen molar-refractivity contribution in [3.05, 3.63) is 128 Å². The molecule has 0 atom stereocenters. The third-order valence-electron chi connectivity index (χ3n) is 9.32. The summed E-state index contributed by atoms with van der Waals surface area (Å²) >= 11 is 0. The molecular formula is C33H39NO4S. The molecule has 3 aromatic carbocycles. The fourth-order valence-corrected chi connectivity index (χ4v) is 18.0. The van der Waals surface area contributed by atoms with Gasteiger partial charge in [-0.05, 0) is 49.1 Å². The van der Waals surface area contributed by atoms with Crippen LogP contribution >= 0.6 is 8.58 Å². The van der Waals surface area contributed by atoms with Crippen molar-refractivity contribution in [1.29, 1.82) is 0 Å². The summed E-state index contributed by atoms with van der Waals surface area (Å²) < 4.78 is 13.6. The third-order valence-corrected chi connectivity index (χ3v) is 18.4. The van der Waals surface area contributed by atoms with Gasteiger partial charge in [0, 0.05) is 33.5 Å². The van der Waals surface area contributed by atoms with Crippen LogP contribution in [0.3, 0.4) is 0 Å². The van der Waals surface area contributed by atoms with E-state index < -0.39 is 8.58 Å². The second-order valence-electron chi connectivity index (χ2n) is 10.6. The van der Waals surface area contributed by atoms with E-state index in [0.717, 1.165) is 57.3 Å². The summed E-state index contributed by atoms with van der Waals surface area (Å²) in [6.45, 7) is 2.10. The lowest BCUT2D eigenvalue weighted by Gasteiger charge is -2.82. The summed E-state index contributed by atoms with van der Waals surface area (Å²) in [5.41, 5.74) is 1.09. The molecule has 5 nitrogen and oxygen atoms in total. The Morgan fingerprint density at radius 1 is 0.795 bits per heavy atom. The number of methoxy groups -OCH3 is 1. The molecule has 0 saturated heterocycles. The average Bonchev–Trinajstić information content (AvgIpc) is 3.24. The molecule has 1 heterocycles. The van der Waals surface area contributed by atoms with E-state index >= 15 is 0 Å². The van der Waals surface area contributed by atoms with Gasteiger partial charge in [0.1, 0.15) is 0 Å². The van der Waals surface area contributed by atoms with Gasteiger partial charge >= 0.3 is 5.70 Å². The van der Waals surface area contributed by atoms with E-state index in [9.17, 15) is 10.1 Å². The highest BCUT2D eigenvalue weighted by Gasteiger charge is 2.78. The molecule has 39 heavy (non-hydrogen) atoms. The monoisotopic (exact) mass is 545 g/mol. The Bertz CT molecular complexity index is 1390. The van der Waals surface area contributed by atoms with Crippen molar-refractivity contribution in [2.24, 2.45) is 0 Å². The highest BCUT2D eigenvalue weighted by molar-refractivity contribution is 8.67. The fraction of sp³-hybridized carbons (Fsp3) is 0.333. The molecule has 0 aromatic heterocycles. The molecule has 1 saturated carbocycles. The molecule has 1 aliphatic carbocycles. The van der Waals surface area contributed by atoms with Crippen molar-refractivity contribution in [2.75, 3.05) is 14.2 Å². The van der Waals surface area contributed by atoms with Crippen LogP contribution in [0.1, 0.15) is 51.0 Å². The second kappa shape index (κ2) is 10.00. The van der Waals surface area contributed by atoms with Crippen LogP contribution in [0.4, 0.5) is 0 Å². The van der Waals surface area contributed by atoms with E-state index in [1.807, 2.05) is 37.4 Å². The summed E-state index contributed by atoms with van der Waals surface area (Å²) in [5.74, 6) is 0.371. The first-order valence-electron chi connectivity index (χ1n) is 13.9. The number of ether oxygens (including phenoxy) is 1. The highest BCUT2D eigenvalue weighted by atomic mass is 32.4. The van der Waals surface area contributed by atoms with Gasteiger partial charge in [0.05, 0.1) is 16.9 Å². The van der Waals surface area contributed by atoms with E-state index in [1.165, 1.54) is 0 Å². The molecule has 1 fully saturated rings. The minimum Gasteiger partial charge on any atom is -0.490 e. The quantitative estimate of drug-likeness (QED) is 0.199. The zero-order chi connectivity index (χ0) is 27.6. The largest absolute Gasteiger partial charge is 0.490 e. The lowest BCUT2D eigenvalue weighted by Crippen LogP contribution is -2.51. The Morgan fingerprint density at radius 2 is 1.31 bits per heavy atom. The maximum absolute atomic E-state index is 13.3. The van der Waals surface area contributed by atoms with Gasteiger partial charge in [-0.15, -0.1) is 8.58 Å². The number of rotatable bonds is 9. The molecular weight excluding hydrogens is 506 g/mol. The number of benzene rings is 3. The standard InChI is InChI=1S/C33H39NO4S/c1-4-30-33(37-2)32(34(35)36)31(25-26-17-9-5-10-18-26)39(30,38-3,27-19-11-6-12-20-27,28-21-13-7-14-22-28)29-23-15-8-16-24-29/h5-7,9-14,17-22,29H,4,8,15-16,23-25H2,1-3H3. The predicted molar refractivity (Wildman–Crippen MR) is 159 cm³/mol. The van der Waals surface area contributed by atoms with Gasteiger partial charge in [-0.2, -0.15) is 0 Å². The summed E-state index contributed by atoms with van der Waals surface area (Å²) in [7, 11) is -1.17. The number of nitrogens with zero attached hydrogens (tertiary/aromatic N) is 1. The number of hydrogen-bond acceptors (Lipinski definition) is 4. The van der Waals surface area contributed by atoms with E-state index in [1.54, 1.807) is 7.11 Å². The van der Waals surface area contributed by atoms with Gasteiger partial charge in [-0.1, -0.05) is 92.9 Å². The zero-order valence-corrected chi connectivity index (χ0v) is 24.0. The molecule has 2 aliphatic rings. The minimum atomic E-state index is -4.56. The third kappa shape index (κ3) is 3.19. The zero-order valence-electron chi connectivity index (χ0n) is 23.2. The van der Waals surface area contributed by atoms with Crippen molar-refractivity contribution >= 4 is 8.58 Å². The first kappa shape index (κ1) is 27.2. The van der Waals surface area contributed by atoms with E-state index in [0.29, 0.717) is 18.6 Å². The van der Waals surface area contributed by atoms with Crippen LogP contribution in [0.5, 0.6) is 0 Å². The summed E-state index contributed by atoms with van der Waals surface area (Å²) in [6.07, 6.45) is 6.06. The number of nitro groups is 1. The van der Waals surface area contributed by atoms with Gasteiger partial charge in [0.25, 0.3) is 0 Å². The lowest BCUT2D eigenvalue weighted by molar-refractivity contribution is -0.424. The van der Waals surface area contributed by atoms with E-state index in [-0.39, 0.29) is 15.9 Å². The Morgan fingerprint density at radius 3 is 1.74 bits per heavy atom. The molecule has 6 heteroatoms. The van der Waals surface area contributed by atoms with Crippen molar-refractivity contribution in [3.63, 3.8) is 0 Å². The smallest absolute Gasteiger partial charge is 0.321 e. The van der Waals surface area contributed by atoms with Crippen LogP contribution in [0.2, 0.25) is 0 Å². The topological polar surface area (TPSA) is 61.6 Å². The number of allylic oxidation sites excluding steroid dienone is 2. The molecule has 0 amide bonds.